The molecule has 1 aromatic rings. The average molecular weight is 327 g/mol. The van der Waals surface area contributed by atoms with Gasteiger partial charge in [-0.05, 0) is 37.2 Å². The zero-order valence-corrected chi connectivity index (χ0v) is 12.5. The van der Waals surface area contributed by atoms with Crippen LogP contribution in [0.4, 0.5) is 0 Å². The normalized spacial score (nSPS) is 16.9. The van der Waals surface area contributed by atoms with Crippen molar-refractivity contribution in [1.29, 1.82) is 0 Å². The number of halogens is 1. The fraction of sp³-hybridized carbons (Fsp3) is 0.500. The fourth-order valence-corrected chi connectivity index (χ4v) is 2.30. The number of carbonyl (C=O) groups is 1. The number of nitrogens with zero attached hydrogens (tertiary/aromatic N) is 1. The Morgan fingerprint density at radius 3 is 2.84 bits per heavy atom. The Kier molecular flexibility index (Phi) is 5.82. The summed E-state index contributed by atoms with van der Waals surface area (Å²) in [6, 6.07) is 7.80. The molecule has 0 amide bonds. The third-order valence-corrected chi connectivity index (χ3v) is 3.63. The van der Waals surface area contributed by atoms with E-state index in [1.165, 1.54) is 0 Å². The summed E-state index contributed by atoms with van der Waals surface area (Å²) < 4.78 is 6.32. The maximum absolute atomic E-state index is 11.8. The third-order valence-electron chi connectivity index (χ3n) is 3.10. The van der Waals surface area contributed by atoms with Crippen LogP contribution in [-0.2, 0) is 16.1 Å². The van der Waals surface area contributed by atoms with Crippen LogP contribution in [0.1, 0.15) is 12.0 Å². The van der Waals surface area contributed by atoms with Crippen LogP contribution in [0, 0.1) is 0 Å². The van der Waals surface area contributed by atoms with Crippen molar-refractivity contribution in [3.05, 3.63) is 34.3 Å². The van der Waals surface area contributed by atoms with Gasteiger partial charge in [-0.1, -0.05) is 28.1 Å². The molecule has 1 aromatic carbocycles. The highest BCUT2D eigenvalue weighted by molar-refractivity contribution is 9.10. The molecule has 4 nitrogen and oxygen atoms in total. The molecule has 19 heavy (non-hydrogen) atoms. The molecule has 0 unspecified atom stereocenters. The van der Waals surface area contributed by atoms with Crippen molar-refractivity contribution < 1.29 is 9.53 Å². The van der Waals surface area contributed by atoms with Crippen LogP contribution in [0.25, 0.3) is 0 Å². The van der Waals surface area contributed by atoms with Crippen LogP contribution in [0.2, 0.25) is 0 Å². The molecule has 0 bridgehead atoms. The highest BCUT2D eigenvalue weighted by Crippen LogP contribution is 2.11. The second-order valence-corrected chi connectivity index (χ2v) is 5.58. The summed E-state index contributed by atoms with van der Waals surface area (Å²) in [5, 5.41) is 3.32. The van der Waals surface area contributed by atoms with E-state index in [1.807, 2.05) is 24.3 Å². The number of hydrogen-bond acceptors (Lipinski definition) is 4. The maximum Gasteiger partial charge on any atom is 0.320 e. The van der Waals surface area contributed by atoms with Crippen molar-refractivity contribution in [2.75, 3.05) is 32.7 Å². The molecule has 5 heteroatoms. The summed E-state index contributed by atoms with van der Waals surface area (Å²) in [5.74, 6) is -0.148. The van der Waals surface area contributed by atoms with Crippen molar-refractivity contribution in [3.8, 4) is 0 Å². The molecule has 0 saturated carbocycles. The number of esters is 1. The second kappa shape index (κ2) is 7.62. The molecule has 0 spiro atoms. The van der Waals surface area contributed by atoms with Gasteiger partial charge in [0.25, 0.3) is 0 Å². The first kappa shape index (κ1) is 14.5. The Balaban J connectivity index is 1.73. The van der Waals surface area contributed by atoms with E-state index in [-0.39, 0.29) is 5.97 Å². The average Bonchev–Trinajstić information content (AvgIpc) is 2.67. The minimum absolute atomic E-state index is 0.148. The lowest BCUT2D eigenvalue weighted by Gasteiger charge is -2.18. The molecule has 0 atom stereocenters. The minimum atomic E-state index is -0.148. The number of benzene rings is 1. The van der Waals surface area contributed by atoms with Gasteiger partial charge >= 0.3 is 5.97 Å². The molecule has 0 aromatic heterocycles. The molecule has 1 aliphatic rings. The topological polar surface area (TPSA) is 41.6 Å². The van der Waals surface area contributed by atoms with Gasteiger partial charge in [-0.15, -0.1) is 0 Å². The Morgan fingerprint density at radius 1 is 1.26 bits per heavy atom. The van der Waals surface area contributed by atoms with Gasteiger partial charge in [0.15, 0.2) is 0 Å². The van der Waals surface area contributed by atoms with Gasteiger partial charge in [-0.2, -0.15) is 0 Å². The Bertz CT molecular complexity index is 400. The van der Waals surface area contributed by atoms with Gasteiger partial charge < -0.3 is 10.1 Å². The van der Waals surface area contributed by atoms with Gasteiger partial charge in [0, 0.05) is 17.6 Å². The molecule has 0 radical (unpaired) electrons. The molecular weight excluding hydrogens is 308 g/mol. The van der Waals surface area contributed by atoms with Crippen molar-refractivity contribution in [3.63, 3.8) is 0 Å². The van der Waals surface area contributed by atoms with Crippen LogP contribution < -0.4 is 5.32 Å². The van der Waals surface area contributed by atoms with Gasteiger partial charge in [0.1, 0.15) is 6.61 Å². The number of hydrogen-bond donors (Lipinski definition) is 1. The predicted octanol–water partition coefficient (Wildman–Crippen LogP) is 1.79. The summed E-state index contributed by atoms with van der Waals surface area (Å²) in [4.78, 5) is 13.9. The van der Waals surface area contributed by atoms with Crippen molar-refractivity contribution in [2.45, 2.75) is 13.0 Å². The van der Waals surface area contributed by atoms with Crippen LogP contribution in [-0.4, -0.2) is 43.6 Å². The standard InChI is InChI=1S/C14H19BrN2O2/c15-13-4-2-12(3-5-13)11-19-14(18)10-17-8-1-6-16-7-9-17/h2-5,16H,1,6-11H2. The Morgan fingerprint density at radius 2 is 2.05 bits per heavy atom. The zero-order chi connectivity index (χ0) is 13.5. The molecule has 1 N–H and O–H groups in total. The van der Waals surface area contributed by atoms with E-state index in [0.717, 1.165) is 42.6 Å². The van der Waals surface area contributed by atoms with E-state index < -0.39 is 0 Å². The lowest BCUT2D eigenvalue weighted by atomic mass is 10.2. The maximum atomic E-state index is 11.8. The molecule has 1 fully saturated rings. The van der Waals surface area contributed by atoms with Crippen LogP contribution in [0.3, 0.4) is 0 Å². The van der Waals surface area contributed by atoms with Crippen molar-refractivity contribution in [1.82, 2.24) is 10.2 Å². The smallest absolute Gasteiger partial charge is 0.320 e. The predicted molar refractivity (Wildman–Crippen MR) is 77.9 cm³/mol. The molecule has 1 aliphatic heterocycles. The highest BCUT2D eigenvalue weighted by Gasteiger charge is 2.13. The minimum Gasteiger partial charge on any atom is -0.460 e. The van der Waals surface area contributed by atoms with Gasteiger partial charge in [-0.3, -0.25) is 9.69 Å². The van der Waals surface area contributed by atoms with E-state index in [0.29, 0.717) is 13.2 Å². The SMILES string of the molecule is O=C(CN1CCCNCC1)OCc1ccc(Br)cc1. The fourth-order valence-electron chi connectivity index (χ4n) is 2.03. The highest BCUT2D eigenvalue weighted by atomic mass is 79.9. The molecule has 0 aliphatic carbocycles. The number of rotatable bonds is 4. The number of nitrogens with one attached hydrogen (secondary N) is 1. The van der Waals surface area contributed by atoms with Crippen LogP contribution in [0.15, 0.2) is 28.7 Å². The molecule has 1 heterocycles. The van der Waals surface area contributed by atoms with Crippen LogP contribution >= 0.6 is 15.9 Å². The quantitative estimate of drug-likeness (QED) is 0.856. The summed E-state index contributed by atoms with van der Waals surface area (Å²) in [5.41, 5.74) is 1.01. The first-order chi connectivity index (χ1) is 9.24. The summed E-state index contributed by atoms with van der Waals surface area (Å²) in [6.45, 7) is 4.58. The van der Waals surface area contributed by atoms with Gasteiger partial charge in [-0.25, -0.2) is 0 Å². The summed E-state index contributed by atoms with van der Waals surface area (Å²) in [6.07, 6.45) is 1.08. The summed E-state index contributed by atoms with van der Waals surface area (Å²) in [7, 11) is 0. The lowest BCUT2D eigenvalue weighted by molar-refractivity contribution is -0.146. The Hall–Kier alpha value is -0.910. The molecule has 1 saturated heterocycles. The van der Waals surface area contributed by atoms with E-state index in [2.05, 4.69) is 26.1 Å². The monoisotopic (exact) mass is 326 g/mol. The van der Waals surface area contributed by atoms with Crippen molar-refractivity contribution >= 4 is 21.9 Å². The number of carbonyl (C=O) groups excluding carboxylic acids is 1. The van der Waals surface area contributed by atoms with Crippen molar-refractivity contribution in [2.24, 2.45) is 0 Å². The lowest BCUT2D eigenvalue weighted by Crippen LogP contribution is -2.33. The second-order valence-electron chi connectivity index (χ2n) is 4.67. The van der Waals surface area contributed by atoms with Gasteiger partial charge in [0.05, 0.1) is 6.54 Å². The summed E-state index contributed by atoms with van der Waals surface area (Å²) >= 11 is 3.38. The zero-order valence-electron chi connectivity index (χ0n) is 10.9. The largest absolute Gasteiger partial charge is 0.460 e. The first-order valence-electron chi connectivity index (χ1n) is 6.57. The van der Waals surface area contributed by atoms with E-state index in [1.54, 1.807) is 0 Å². The van der Waals surface area contributed by atoms with Gasteiger partial charge in [0.2, 0.25) is 0 Å². The number of ether oxygens (including phenoxy) is 1. The Labute approximate surface area is 122 Å². The first-order valence-corrected chi connectivity index (χ1v) is 7.36. The van der Waals surface area contributed by atoms with E-state index in [4.69, 9.17) is 4.74 Å². The van der Waals surface area contributed by atoms with Crippen LogP contribution in [0.5, 0.6) is 0 Å². The molecule has 2 rings (SSSR count). The third kappa shape index (κ3) is 5.30. The molecular formula is C14H19BrN2O2. The van der Waals surface area contributed by atoms with E-state index in [9.17, 15) is 4.79 Å². The van der Waals surface area contributed by atoms with E-state index >= 15 is 0 Å². The molecule has 104 valence electrons.